The molecular formula is C5H4Cl2N4O2. The Balaban J connectivity index is 2.71. The van der Waals surface area contributed by atoms with Crippen molar-refractivity contribution in [1.29, 1.82) is 0 Å². The summed E-state index contributed by atoms with van der Waals surface area (Å²) in [6.07, 6.45) is 0. The first-order valence-electron chi connectivity index (χ1n) is 3.10. The molecular weight excluding hydrogens is 219 g/mol. The Hall–Kier alpha value is -1.14. The van der Waals surface area contributed by atoms with Gasteiger partial charge in [0.15, 0.2) is 0 Å². The second-order valence-corrected chi connectivity index (χ2v) is 2.62. The number of carbonyl (C=O) groups is 1. The van der Waals surface area contributed by atoms with Gasteiger partial charge in [0.2, 0.25) is 16.5 Å². The predicted molar refractivity (Wildman–Crippen MR) is 46.0 cm³/mol. The van der Waals surface area contributed by atoms with Crippen LogP contribution in [0.1, 0.15) is 0 Å². The number of hydrogen-bond acceptors (Lipinski definition) is 5. The van der Waals surface area contributed by atoms with Gasteiger partial charge in [-0.2, -0.15) is 15.0 Å². The number of nitrogens with zero attached hydrogens (tertiary/aromatic N) is 3. The molecule has 70 valence electrons. The predicted octanol–water partition coefficient (Wildman–Crippen LogP) is 0.675. The van der Waals surface area contributed by atoms with Gasteiger partial charge >= 0.3 is 5.97 Å². The van der Waals surface area contributed by atoms with Crippen LogP contribution in [0.4, 0.5) is 5.95 Å². The average Bonchev–Trinajstić information content (AvgIpc) is 1.99. The van der Waals surface area contributed by atoms with E-state index in [4.69, 9.17) is 28.3 Å². The first kappa shape index (κ1) is 9.94. The molecule has 2 N–H and O–H groups in total. The number of carboxylic acid groups (broad SMARTS) is 1. The molecule has 13 heavy (non-hydrogen) atoms. The molecule has 0 amide bonds. The minimum absolute atomic E-state index is 0.0346. The molecule has 0 spiro atoms. The van der Waals surface area contributed by atoms with Crippen molar-refractivity contribution in [1.82, 2.24) is 15.0 Å². The van der Waals surface area contributed by atoms with Crippen LogP contribution in [0, 0.1) is 0 Å². The number of hydrogen-bond donors (Lipinski definition) is 2. The van der Waals surface area contributed by atoms with Crippen molar-refractivity contribution in [3.8, 4) is 0 Å². The van der Waals surface area contributed by atoms with E-state index in [2.05, 4.69) is 20.3 Å². The lowest BCUT2D eigenvalue weighted by Crippen LogP contribution is -2.14. The Morgan fingerprint density at radius 2 is 1.85 bits per heavy atom. The van der Waals surface area contributed by atoms with Gasteiger partial charge in [0.25, 0.3) is 0 Å². The van der Waals surface area contributed by atoms with Gasteiger partial charge in [0.1, 0.15) is 6.54 Å². The van der Waals surface area contributed by atoms with E-state index >= 15 is 0 Å². The second-order valence-electron chi connectivity index (χ2n) is 1.94. The summed E-state index contributed by atoms with van der Waals surface area (Å²) in [7, 11) is 0. The minimum Gasteiger partial charge on any atom is -0.480 e. The molecule has 1 aromatic rings. The smallest absolute Gasteiger partial charge is 0.322 e. The van der Waals surface area contributed by atoms with E-state index < -0.39 is 5.97 Å². The SMILES string of the molecule is O=C(O)CNc1nc(Cl)nc(Cl)n1. The maximum atomic E-state index is 10.1. The number of rotatable bonds is 3. The highest BCUT2D eigenvalue weighted by molar-refractivity contribution is 6.31. The molecule has 0 saturated heterocycles. The number of aromatic nitrogens is 3. The van der Waals surface area contributed by atoms with E-state index in [0.29, 0.717) is 0 Å². The Labute approximate surface area is 82.9 Å². The van der Waals surface area contributed by atoms with Gasteiger partial charge in [-0.05, 0) is 23.2 Å². The second kappa shape index (κ2) is 4.20. The van der Waals surface area contributed by atoms with Crippen LogP contribution in [0.2, 0.25) is 10.6 Å². The first-order chi connectivity index (χ1) is 6.08. The van der Waals surface area contributed by atoms with Crippen molar-refractivity contribution in [2.75, 3.05) is 11.9 Å². The third-order valence-electron chi connectivity index (χ3n) is 0.979. The maximum absolute atomic E-state index is 10.1. The van der Waals surface area contributed by atoms with Crippen molar-refractivity contribution in [3.05, 3.63) is 10.6 Å². The van der Waals surface area contributed by atoms with Crippen LogP contribution in [0.25, 0.3) is 0 Å². The zero-order chi connectivity index (χ0) is 9.84. The fraction of sp³-hybridized carbons (Fsp3) is 0.200. The highest BCUT2D eigenvalue weighted by atomic mass is 35.5. The molecule has 6 nitrogen and oxygen atoms in total. The van der Waals surface area contributed by atoms with Crippen LogP contribution in [0.5, 0.6) is 0 Å². The molecule has 0 aliphatic heterocycles. The van der Waals surface area contributed by atoms with Gasteiger partial charge < -0.3 is 10.4 Å². The van der Waals surface area contributed by atoms with Crippen LogP contribution < -0.4 is 5.32 Å². The van der Waals surface area contributed by atoms with E-state index in [1.165, 1.54) is 0 Å². The third-order valence-corrected chi connectivity index (χ3v) is 1.32. The third kappa shape index (κ3) is 3.39. The fourth-order valence-electron chi connectivity index (χ4n) is 0.560. The lowest BCUT2D eigenvalue weighted by molar-refractivity contribution is -0.134. The van der Waals surface area contributed by atoms with E-state index in [-0.39, 0.29) is 23.1 Å². The molecule has 0 aliphatic rings. The van der Waals surface area contributed by atoms with Gasteiger partial charge in [0, 0.05) is 0 Å². The van der Waals surface area contributed by atoms with Gasteiger partial charge in [-0.25, -0.2) is 0 Å². The summed E-state index contributed by atoms with van der Waals surface area (Å²) in [5.41, 5.74) is 0. The summed E-state index contributed by atoms with van der Waals surface area (Å²) < 4.78 is 0. The monoisotopic (exact) mass is 222 g/mol. The minimum atomic E-state index is -1.03. The molecule has 8 heteroatoms. The first-order valence-corrected chi connectivity index (χ1v) is 3.86. The van der Waals surface area contributed by atoms with Crippen LogP contribution in [-0.2, 0) is 4.79 Å². The van der Waals surface area contributed by atoms with Crippen molar-refractivity contribution in [2.24, 2.45) is 0 Å². The standard InChI is InChI=1S/C5H4Cl2N4O2/c6-3-9-4(7)11-5(10-3)8-1-2(12)13/h1H2,(H,12,13)(H,8,9,10,11). The van der Waals surface area contributed by atoms with Crippen LogP contribution in [-0.4, -0.2) is 32.6 Å². The summed E-state index contributed by atoms with van der Waals surface area (Å²) in [6.45, 7) is -0.309. The average molecular weight is 223 g/mol. The number of carboxylic acids is 1. The molecule has 0 aromatic carbocycles. The van der Waals surface area contributed by atoms with Crippen LogP contribution >= 0.6 is 23.2 Å². The molecule has 0 aliphatic carbocycles. The van der Waals surface area contributed by atoms with E-state index in [1.54, 1.807) is 0 Å². The zero-order valence-electron chi connectivity index (χ0n) is 6.16. The summed E-state index contributed by atoms with van der Waals surface area (Å²) in [5.74, 6) is -1.000. The quantitative estimate of drug-likeness (QED) is 0.782. The molecule has 0 bridgehead atoms. The summed E-state index contributed by atoms with van der Waals surface area (Å²) in [6, 6.07) is 0. The van der Waals surface area contributed by atoms with E-state index in [9.17, 15) is 4.79 Å². The van der Waals surface area contributed by atoms with Crippen molar-refractivity contribution >= 4 is 35.1 Å². The molecule has 0 unspecified atom stereocenters. The Morgan fingerprint density at radius 3 is 2.31 bits per heavy atom. The van der Waals surface area contributed by atoms with E-state index in [0.717, 1.165) is 0 Å². The molecule has 1 rings (SSSR count). The fourth-order valence-corrected chi connectivity index (χ4v) is 0.923. The summed E-state index contributed by atoms with van der Waals surface area (Å²) in [5, 5.41) is 10.5. The van der Waals surface area contributed by atoms with Gasteiger partial charge in [0.05, 0.1) is 0 Å². The van der Waals surface area contributed by atoms with Gasteiger partial charge in [-0.1, -0.05) is 0 Å². The zero-order valence-corrected chi connectivity index (χ0v) is 7.67. The number of aliphatic carboxylic acids is 1. The Kier molecular flexibility index (Phi) is 3.21. The van der Waals surface area contributed by atoms with Crippen molar-refractivity contribution in [2.45, 2.75) is 0 Å². The molecule has 0 atom stereocenters. The lowest BCUT2D eigenvalue weighted by atomic mass is 10.6. The van der Waals surface area contributed by atoms with Crippen LogP contribution in [0.3, 0.4) is 0 Å². The molecule has 1 aromatic heterocycles. The van der Waals surface area contributed by atoms with Gasteiger partial charge in [-0.3, -0.25) is 4.79 Å². The molecule has 0 fully saturated rings. The summed E-state index contributed by atoms with van der Waals surface area (Å²) >= 11 is 10.9. The number of halogens is 2. The number of nitrogens with one attached hydrogen (secondary N) is 1. The van der Waals surface area contributed by atoms with Crippen LogP contribution in [0.15, 0.2) is 0 Å². The Morgan fingerprint density at radius 1 is 1.31 bits per heavy atom. The molecule has 1 heterocycles. The molecule has 0 saturated carbocycles. The number of anilines is 1. The van der Waals surface area contributed by atoms with Crippen molar-refractivity contribution < 1.29 is 9.90 Å². The normalized spacial score (nSPS) is 9.69. The molecule has 0 radical (unpaired) electrons. The highest BCUT2D eigenvalue weighted by Gasteiger charge is 2.03. The highest BCUT2D eigenvalue weighted by Crippen LogP contribution is 2.08. The maximum Gasteiger partial charge on any atom is 0.322 e. The largest absolute Gasteiger partial charge is 0.480 e. The lowest BCUT2D eigenvalue weighted by Gasteiger charge is -2.00. The Bertz CT molecular complexity index is 312. The van der Waals surface area contributed by atoms with Gasteiger partial charge in [-0.15, -0.1) is 0 Å². The van der Waals surface area contributed by atoms with E-state index in [1.807, 2.05) is 0 Å². The topological polar surface area (TPSA) is 88.0 Å². The van der Waals surface area contributed by atoms with Crippen molar-refractivity contribution in [3.63, 3.8) is 0 Å². The summed E-state index contributed by atoms with van der Waals surface area (Å²) in [4.78, 5) is 20.8.